The number of benzene rings is 2. The number of hydrogen-bond donors (Lipinski definition) is 1. The van der Waals surface area contributed by atoms with Crippen LogP contribution >= 0.6 is 11.8 Å². The predicted molar refractivity (Wildman–Crippen MR) is 113 cm³/mol. The number of thioether (sulfide) groups is 1. The van der Waals surface area contributed by atoms with E-state index in [0.717, 1.165) is 21.7 Å². The largest absolute Gasteiger partial charge is 0.481 e. The molecule has 1 atom stereocenters. The molecule has 0 fully saturated rings. The highest BCUT2D eigenvalue weighted by Gasteiger charge is 2.15. The Hall–Kier alpha value is -2.79. The van der Waals surface area contributed by atoms with E-state index >= 15 is 0 Å². The maximum Gasteiger partial charge on any atom is 0.306 e. The standard InChI is InChI=1S/C23H23NO3S/c1-2-19(23(25)26)14-18-8-11-21(12-9-18)28-16-20-15-27-22(24-20)13-10-17-6-4-3-5-7-17/h3-13,15,19H,2,14,16H2,1H3,(H,25,26). The fourth-order valence-electron chi connectivity index (χ4n) is 2.77. The second-order valence-electron chi connectivity index (χ2n) is 6.50. The van der Waals surface area contributed by atoms with Crippen LogP contribution in [0.2, 0.25) is 0 Å². The Morgan fingerprint density at radius 3 is 2.57 bits per heavy atom. The number of nitrogens with zero attached hydrogens (tertiary/aromatic N) is 1. The average molecular weight is 394 g/mol. The molecule has 0 aliphatic rings. The summed E-state index contributed by atoms with van der Waals surface area (Å²) in [4.78, 5) is 16.8. The van der Waals surface area contributed by atoms with Crippen LogP contribution in [0.5, 0.6) is 0 Å². The summed E-state index contributed by atoms with van der Waals surface area (Å²) >= 11 is 1.68. The van der Waals surface area contributed by atoms with Gasteiger partial charge in [0.1, 0.15) is 6.26 Å². The van der Waals surface area contributed by atoms with Gasteiger partial charge in [0.2, 0.25) is 5.89 Å². The molecule has 1 heterocycles. The van der Waals surface area contributed by atoms with E-state index in [1.54, 1.807) is 18.0 Å². The number of oxazole rings is 1. The molecule has 3 aromatic rings. The number of aliphatic carboxylic acids is 1. The topological polar surface area (TPSA) is 63.3 Å². The van der Waals surface area contributed by atoms with Crippen molar-refractivity contribution >= 4 is 29.9 Å². The zero-order chi connectivity index (χ0) is 19.8. The van der Waals surface area contributed by atoms with Gasteiger partial charge >= 0.3 is 5.97 Å². The van der Waals surface area contributed by atoms with Gasteiger partial charge in [0.25, 0.3) is 0 Å². The highest BCUT2D eigenvalue weighted by molar-refractivity contribution is 7.98. The summed E-state index contributed by atoms with van der Waals surface area (Å²) in [6.45, 7) is 1.91. The van der Waals surface area contributed by atoms with Crippen LogP contribution in [0.25, 0.3) is 12.2 Å². The van der Waals surface area contributed by atoms with Gasteiger partial charge < -0.3 is 9.52 Å². The molecule has 144 valence electrons. The summed E-state index contributed by atoms with van der Waals surface area (Å²) in [6, 6.07) is 18.1. The van der Waals surface area contributed by atoms with E-state index in [1.807, 2.05) is 73.7 Å². The normalized spacial score (nSPS) is 12.3. The SMILES string of the molecule is CCC(Cc1ccc(SCc2coc(C=Cc3ccccc3)n2)cc1)C(=O)O. The molecule has 4 nitrogen and oxygen atoms in total. The smallest absolute Gasteiger partial charge is 0.306 e. The van der Waals surface area contributed by atoms with Gasteiger partial charge in [-0.05, 0) is 42.2 Å². The molecule has 0 spiro atoms. The highest BCUT2D eigenvalue weighted by atomic mass is 32.2. The summed E-state index contributed by atoms with van der Waals surface area (Å²) < 4.78 is 5.51. The molecule has 28 heavy (non-hydrogen) atoms. The molecule has 0 radical (unpaired) electrons. The quantitative estimate of drug-likeness (QED) is 0.466. The fourth-order valence-corrected chi connectivity index (χ4v) is 3.54. The number of rotatable bonds is 9. The molecule has 5 heteroatoms. The van der Waals surface area contributed by atoms with E-state index < -0.39 is 5.97 Å². The Labute approximate surface area is 169 Å². The monoisotopic (exact) mass is 393 g/mol. The third-order valence-corrected chi connectivity index (χ3v) is 5.47. The lowest BCUT2D eigenvalue weighted by Crippen LogP contribution is -2.15. The molecule has 0 saturated carbocycles. The van der Waals surface area contributed by atoms with Crippen molar-refractivity contribution in [3.8, 4) is 0 Å². The molecule has 0 aliphatic heterocycles. The van der Waals surface area contributed by atoms with Crippen LogP contribution in [-0.2, 0) is 17.0 Å². The molecule has 0 saturated heterocycles. The lowest BCUT2D eigenvalue weighted by Gasteiger charge is -2.10. The van der Waals surface area contributed by atoms with Crippen molar-refractivity contribution in [3.63, 3.8) is 0 Å². The van der Waals surface area contributed by atoms with Gasteiger partial charge in [0, 0.05) is 16.7 Å². The van der Waals surface area contributed by atoms with Crippen molar-refractivity contribution in [1.29, 1.82) is 0 Å². The molecule has 1 N–H and O–H groups in total. The zero-order valence-corrected chi connectivity index (χ0v) is 16.6. The van der Waals surface area contributed by atoms with Gasteiger partial charge in [0.15, 0.2) is 0 Å². The van der Waals surface area contributed by atoms with Crippen molar-refractivity contribution in [2.75, 3.05) is 0 Å². The Bertz CT molecular complexity index is 917. The first-order valence-electron chi connectivity index (χ1n) is 9.26. The van der Waals surface area contributed by atoms with Gasteiger partial charge in [-0.25, -0.2) is 4.98 Å². The van der Waals surface area contributed by atoms with E-state index in [2.05, 4.69) is 4.98 Å². The second-order valence-corrected chi connectivity index (χ2v) is 7.55. The van der Waals surface area contributed by atoms with E-state index in [1.165, 1.54) is 0 Å². The first-order chi connectivity index (χ1) is 13.6. The van der Waals surface area contributed by atoms with Crippen molar-refractivity contribution in [2.45, 2.75) is 30.4 Å². The van der Waals surface area contributed by atoms with Crippen molar-refractivity contribution in [3.05, 3.63) is 83.6 Å². The minimum absolute atomic E-state index is 0.323. The highest BCUT2D eigenvalue weighted by Crippen LogP contribution is 2.24. The van der Waals surface area contributed by atoms with Crippen molar-refractivity contribution < 1.29 is 14.3 Å². The summed E-state index contributed by atoms with van der Waals surface area (Å²) in [7, 11) is 0. The Kier molecular flexibility index (Phi) is 7.09. The minimum Gasteiger partial charge on any atom is -0.481 e. The lowest BCUT2D eigenvalue weighted by atomic mass is 9.97. The number of carboxylic acids is 1. The molecule has 1 aromatic heterocycles. The average Bonchev–Trinajstić information content (AvgIpc) is 3.18. The molecule has 0 bridgehead atoms. The molecular formula is C23H23NO3S. The summed E-state index contributed by atoms with van der Waals surface area (Å²) in [5, 5.41) is 9.18. The van der Waals surface area contributed by atoms with E-state index in [-0.39, 0.29) is 5.92 Å². The van der Waals surface area contributed by atoms with Gasteiger partial charge in [-0.2, -0.15) is 0 Å². The third kappa shape index (κ3) is 5.86. The first-order valence-corrected chi connectivity index (χ1v) is 10.2. The Morgan fingerprint density at radius 2 is 1.89 bits per heavy atom. The number of aromatic nitrogens is 1. The van der Waals surface area contributed by atoms with Crippen LogP contribution < -0.4 is 0 Å². The predicted octanol–water partition coefficient (Wildman–Crippen LogP) is 5.79. The number of hydrogen-bond acceptors (Lipinski definition) is 4. The number of carbonyl (C=O) groups is 1. The summed E-state index contributed by atoms with van der Waals surface area (Å²) in [5.41, 5.74) is 3.04. The van der Waals surface area contributed by atoms with Crippen LogP contribution in [0, 0.1) is 5.92 Å². The van der Waals surface area contributed by atoms with Crippen LogP contribution in [0.1, 0.15) is 36.1 Å². The number of carboxylic acid groups (broad SMARTS) is 1. The third-order valence-electron chi connectivity index (χ3n) is 4.42. The lowest BCUT2D eigenvalue weighted by molar-refractivity contribution is -0.141. The maximum atomic E-state index is 11.2. The Balaban J connectivity index is 1.52. The van der Waals surface area contributed by atoms with E-state index in [0.29, 0.717) is 24.5 Å². The molecule has 3 rings (SSSR count). The maximum absolute atomic E-state index is 11.2. The minimum atomic E-state index is -0.732. The Morgan fingerprint density at radius 1 is 1.14 bits per heavy atom. The van der Waals surface area contributed by atoms with Gasteiger partial charge in [-0.3, -0.25) is 4.79 Å². The second kappa shape index (κ2) is 9.95. The summed E-state index contributed by atoms with van der Waals surface area (Å²) in [6.07, 6.45) is 6.73. The first kappa shape index (κ1) is 20.0. The summed E-state index contributed by atoms with van der Waals surface area (Å²) in [5.74, 6) is 0.253. The zero-order valence-electron chi connectivity index (χ0n) is 15.7. The molecule has 1 unspecified atom stereocenters. The van der Waals surface area contributed by atoms with Gasteiger partial charge in [-0.15, -0.1) is 11.8 Å². The van der Waals surface area contributed by atoms with Crippen LogP contribution in [-0.4, -0.2) is 16.1 Å². The molecule has 0 aliphatic carbocycles. The molecule has 0 amide bonds. The van der Waals surface area contributed by atoms with E-state index in [4.69, 9.17) is 4.42 Å². The fraction of sp³-hybridized carbons (Fsp3) is 0.217. The molecule has 2 aromatic carbocycles. The van der Waals surface area contributed by atoms with Crippen LogP contribution in [0.15, 0.2) is 70.2 Å². The van der Waals surface area contributed by atoms with Crippen molar-refractivity contribution in [2.24, 2.45) is 5.92 Å². The van der Waals surface area contributed by atoms with Gasteiger partial charge in [-0.1, -0.05) is 49.4 Å². The van der Waals surface area contributed by atoms with Crippen molar-refractivity contribution in [1.82, 2.24) is 4.98 Å². The van der Waals surface area contributed by atoms with Gasteiger partial charge in [0.05, 0.1) is 11.6 Å². The van der Waals surface area contributed by atoms with Crippen LogP contribution in [0.4, 0.5) is 0 Å². The van der Waals surface area contributed by atoms with E-state index in [9.17, 15) is 9.90 Å². The van der Waals surface area contributed by atoms with Crippen LogP contribution in [0.3, 0.4) is 0 Å². The molecular weight excluding hydrogens is 370 g/mol.